The van der Waals surface area contributed by atoms with E-state index in [0.717, 1.165) is 35.5 Å². The molecule has 0 aromatic carbocycles. The SMILES string of the molecule is COC1C(OC)[C@H](O[C@H]2O[C@@H](COS(=O)(=O)O)[C@@H](O[C@@H]3OC(C(=O)O)[C@@H](O)[C@H](OC)C3OC)C(OSOOO)C2OSOOO)[C@H](C(=O)O)O[C@H]1O[C@@H]1C(COSOOO)O[C@@H](OC)C(OSOOO)[C@H]1OSOOO. The summed E-state index contributed by atoms with van der Waals surface area (Å²) in [5, 5.41) is 93.4. The molecule has 4 aliphatic rings. The number of aliphatic hydroxyl groups excluding tert-OH is 1. The molecule has 446 valence electrons. The van der Waals surface area contributed by atoms with Crippen molar-refractivity contribution in [2.24, 2.45) is 0 Å². The molecule has 9 N–H and O–H groups in total. The number of carboxylic acid groups (broad SMARTS) is 2. The number of carboxylic acids is 2. The first-order valence-electron chi connectivity index (χ1n) is 20.0. The fourth-order valence-corrected chi connectivity index (χ4v) is 9.55. The van der Waals surface area contributed by atoms with Gasteiger partial charge in [-0.3, -0.25) is 25.5 Å². The Labute approximate surface area is 447 Å². The standard InChI is InChI=1S/C29H48O41S6/c1-43-13-10(30)14(24(31)32)54-27(20(13)45-3)53-12-9(7-49-76(40,41)42)51-29(23(60-75-70-65-39)18(12)58-73-68-63-37)55-16-15(44-2)21(46-4)28(56-19(16)25(33)34)52-11-8(6-48-71-66-61-35)50-26(47-5)22(59-74-69-64-38)17(11)57-72-67-62-36/h8-23,26-30,35-39H,6-7H2,1-5H3,(H,31,32)(H,33,34)(H,40,41,42)/t8?,9-,10-,11+,12+,13-,14?,15?,16-,17-,18?,19+,20?,21?,22?,23?,26+,27+,28+,29+/m0/s1. The molecule has 0 aromatic heterocycles. The molecule has 47 heteroatoms. The van der Waals surface area contributed by atoms with Crippen LogP contribution in [0.2, 0.25) is 0 Å². The van der Waals surface area contributed by atoms with Gasteiger partial charge in [-0.05, 0) is 0 Å². The van der Waals surface area contributed by atoms with E-state index in [1.807, 2.05) is 0 Å². The van der Waals surface area contributed by atoms with Crippen LogP contribution >= 0.6 is 61.6 Å². The van der Waals surface area contributed by atoms with Crippen molar-refractivity contribution in [2.75, 3.05) is 48.8 Å². The smallest absolute Gasteiger partial charge is 0.397 e. The van der Waals surface area contributed by atoms with Gasteiger partial charge in [0.2, 0.25) is 0 Å². The molecule has 8 unspecified atom stereocenters. The van der Waals surface area contributed by atoms with Gasteiger partial charge in [0.15, 0.2) is 111 Å². The van der Waals surface area contributed by atoms with Crippen molar-refractivity contribution >= 4 is 84.0 Å². The van der Waals surface area contributed by atoms with E-state index in [2.05, 4.69) is 51.0 Å². The van der Waals surface area contributed by atoms with E-state index in [1.165, 1.54) is 0 Å². The van der Waals surface area contributed by atoms with Crippen molar-refractivity contribution < 1.29 is 193 Å². The second-order valence-corrected chi connectivity index (χ2v) is 17.7. The second-order valence-electron chi connectivity index (χ2n) is 14.2. The van der Waals surface area contributed by atoms with Gasteiger partial charge in [0.25, 0.3) is 0 Å². The first-order chi connectivity index (χ1) is 36.5. The normalized spacial score (nSPS) is 36.3. The Morgan fingerprint density at radius 3 is 1.26 bits per heavy atom. The molecule has 4 aliphatic heterocycles. The molecular weight excluding hydrogens is 1200 g/mol. The highest BCUT2D eigenvalue weighted by Crippen LogP contribution is 2.41. The van der Waals surface area contributed by atoms with Crippen LogP contribution in [0.5, 0.6) is 0 Å². The average Bonchev–Trinajstić information content (AvgIpc) is 3.39. The van der Waals surface area contributed by atoms with Gasteiger partial charge < -0.3 is 72.2 Å². The summed E-state index contributed by atoms with van der Waals surface area (Å²) < 4.78 is 157. The minimum absolute atomic E-state index is 0.00526. The third kappa shape index (κ3) is 19.2. The number of rotatable bonds is 37. The maximum absolute atomic E-state index is 13.3. The van der Waals surface area contributed by atoms with Gasteiger partial charge in [-0.2, -0.15) is 8.42 Å². The predicted octanol–water partition coefficient (Wildman–Crippen LogP) is -1.42. The van der Waals surface area contributed by atoms with Gasteiger partial charge in [0.1, 0.15) is 73.2 Å². The molecule has 4 fully saturated rings. The minimum Gasteiger partial charge on any atom is -0.479 e. The minimum atomic E-state index is -5.40. The molecule has 4 rings (SSSR count). The van der Waals surface area contributed by atoms with Crippen molar-refractivity contribution in [3.05, 3.63) is 0 Å². The summed E-state index contributed by atoms with van der Waals surface area (Å²) in [7, 11) is -0.0333. The van der Waals surface area contributed by atoms with Crippen LogP contribution in [-0.2, 0) is 149 Å². The van der Waals surface area contributed by atoms with E-state index in [4.69, 9.17) is 104 Å². The molecular formula is C29H48O41S6. The van der Waals surface area contributed by atoms with E-state index >= 15 is 0 Å². The number of hydrogen-bond donors (Lipinski definition) is 9. The first-order valence-corrected chi connectivity index (χ1v) is 24.7. The molecule has 0 aliphatic carbocycles. The Bertz CT molecular complexity index is 1760. The Morgan fingerprint density at radius 1 is 0.447 bits per heavy atom. The molecule has 4 heterocycles. The lowest BCUT2D eigenvalue weighted by molar-refractivity contribution is -0.437. The highest BCUT2D eigenvalue weighted by Gasteiger charge is 2.60. The summed E-state index contributed by atoms with van der Waals surface area (Å²) in [4.78, 5) is 25.5. The van der Waals surface area contributed by atoms with Gasteiger partial charge in [0.05, 0.1) is 13.2 Å². The average molecular weight is 1250 g/mol. The zero-order chi connectivity index (χ0) is 56.0. The summed E-state index contributed by atoms with van der Waals surface area (Å²) in [6, 6.07) is 0. The van der Waals surface area contributed by atoms with Crippen LogP contribution in [0, 0.1) is 0 Å². The molecule has 20 atom stereocenters. The number of methoxy groups -OCH3 is 5. The molecule has 0 amide bonds. The van der Waals surface area contributed by atoms with Gasteiger partial charge in [-0.1, -0.05) is 25.2 Å². The Balaban J connectivity index is 1.82. The van der Waals surface area contributed by atoms with Crippen molar-refractivity contribution in [2.45, 2.75) is 123 Å². The lowest BCUT2D eigenvalue weighted by Gasteiger charge is -2.50. The fraction of sp³-hybridized carbons (Fsp3) is 0.931. The number of ether oxygens (including phenoxy) is 12. The summed E-state index contributed by atoms with van der Waals surface area (Å²) in [6.07, 6.45) is -37.0. The van der Waals surface area contributed by atoms with Crippen molar-refractivity contribution in [1.29, 1.82) is 0 Å². The monoisotopic (exact) mass is 1240 g/mol. The van der Waals surface area contributed by atoms with Crippen molar-refractivity contribution in [1.82, 2.24) is 0 Å². The molecule has 0 radical (unpaired) electrons. The zero-order valence-corrected chi connectivity index (χ0v) is 43.4. The van der Waals surface area contributed by atoms with E-state index in [-0.39, 0.29) is 61.6 Å². The molecule has 0 bridgehead atoms. The summed E-state index contributed by atoms with van der Waals surface area (Å²) in [6.45, 7) is -1.92. The maximum Gasteiger partial charge on any atom is 0.397 e. The molecule has 4 saturated heterocycles. The van der Waals surface area contributed by atoms with Gasteiger partial charge in [-0.25, -0.2) is 40.1 Å². The van der Waals surface area contributed by atoms with Gasteiger partial charge >= 0.3 is 22.3 Å². The predicted molar refractivity (Wildman–Crippen MR) is 226 cm³/mol. The van der Waals surface area contributed by atoms with E-state index in [9.17, 15) is 37.9 Å². The Kier molecular flexibility index (Phi) is 31.4. The quantitative estimate of drug-likeness (QED) is 0.0113. The van der Waals surface area contributed by atoms with Crippen LogP contribution in [0.15, 0.2) is 0 Å². The lowest BCUT2D eigenvalue weighted by Crippen LogP contribution is -2.69. The van der Waals surface area contributed by atoms with Crippen LogP contribution in [0.4, 0.5) is 0 Å². The Morgan fingerprint density at radius 2 is 0.829 bits per heavy atom. The van der Waals surface area contributed by atoms with E-state index in [0.29, 0.717) is 0 Å². The summed E-state index contributed by atoms with van der Waals surface area (Å²) in [5.74, 6) is -3.59. The van der Waals surface area contributed by atoms with Crippen LogP contribution in [-0.4, -0.2) is 238 Å². The van der Waals surface area contributed by atoms with Gasteiger partial charge in [-0.15, -0.1) is 21.7 Å². The number of hydrogen-bond acceptors (Lipinski definition) is 43. The van der Waals surface area contributed by atoms with Crippen molar-refractivity contribution in [3.8, 4) is 0 Å². The molecule has 0 spiro atoms. The van der Waals surface area contributed by atoms with Crippen LogP contribution in [0.3, 0.4) is 0 Å². The maximum atomic E-state index is 13.3. The highest BCUT2D eigenvalue weighted by molar-refractivity contribution is 7.90. The lowest BCUT2D eigenvalue weighted by atomic mass is 9.95. The molecule has 41 nitrogen and oxygen atoms in total. The van der Waals surface area contributed by atoms with Crippen LogP contribution < -0.4 is 0 Å². The third-order valence-electron chi connectivity index (χ3n) is 10.4. The van der Waals surface area contributed by atoms with E-state index < -0.39 is 158 Å². The second kappa shape index (κ2) is 35.3. The topological polar surface area (TPSA) is 509 Å². The largest absolute Gasteiger partial charge is 0.479 e. The summed E-state index contributed by atoms with van der Waals surface area (Å²) >= 11 is -0.391. The molecule has 76 heavy (non-hydrogen) atoms. The van der Waals surface area contributed by atoms with Gasteiger partial charge in [0, 0.05) is 35.5 Å². The molecule has 0 saturated carbocycles. The fourth-order valence-electron chi connectivity index (χ4n) is 7.56. The number of aliphatic carboxylic acids is 2. The highest BCUT2D eigenvalue weighted by atomic mass is 32.3. The van der Waals surface area contributed by atoms with Crippen LogP contribution in [0.1, 0.15) is 0 Å². The Hall–Kier alpha value is -0.760. The number of carbonyl (C=O) groups is 2. The van der Waals surface area contributed by atoms with E-state index in [1.54, 1.807) is 0 Å². The van der Waals surface area contributed by atoms with Crippen molar-refractivity contribution in [3.63, 3.8) is 0 Å². The summed E-state index contributed by atoms with van der Waals surface area (Å²) in [5.41, 5.74) is 0. The third-order valence-corrected chi connectivity index (χ3v) is 12.9. The van der Waals surface area contributed by atoms with Crippen LogP contribution in [0.25, 0.3) is 0 Å². The zero-order valence-electron chi connectivity index (χ0n) is 38.5. The number of aliphatic hydroxyl groups is 1. The first kappa shape index (κ1) is 67.7. The molecule has 0 aromatic rings.